The van der Waals surface area contributed by atoms with Crippen LogP contribution in [0.4, 0.5) is 0 Å². The van der Waals surface area contributed by atoms with Crippen LogP contribution in [0.1, 0.15) is 22.4 Å². The summed E-state index contributed by atoms with van der Waals surface area (Å²) in [6.45, 7) is 2.00. The summed E-state index contributed by atoms with van der Waals surface area (Å²) >= 11 is 1.65. The maximum Gasteiger partial charge on any atom is 0.0897 e. The highest BCUT2D eigenvalue weighted by Crippen LogP contribution is 2.17. The number of hydrazine groups is 1. The molecule has 2 rings (SSSR count). The maximum absolute atomic E-state index is 5.55. The van der Waals surface area contributed by atoms with Gasteiger partial charge in [-0.25, -0.2) is 4.98 Å². The van der Waals surface area contributed by atoms with Crippen molar-refractivity contribution in [1.82, 2.24) is 15.4 Å². The quantitative estimate of drug-likeness (QED) is 0.623. The minimum absolute atomic E-state index is 0.0164. The van der Waals surface area contributed by atoms with Gasteiger partial charge in [0.1, 0.15) is 0 Å². The molecular weight excluding hydrogens is 220 g/mol. The van der Waals surface area contributed by atoms with Crippen molar-refractivity contribution in [2.75, 3.05) is 0 Å². The highest BCUT2D eigenvalue weighted by molar-refractivity contribution is 7.09. The summed E-state index contributed by atoms with van der Waals surface area (Å²) in [5.41, 5.74) is 4.77. The fourth-order valence-corrected chi connectivity index (χ4v) is 2.17. The van der Waals surface area contributed by atoms with Crippen LogP contribution in [0.25, 0.3) is 0 Å². The van der Waals surface area contributed by atoms with Crippen LogP contribution in [0.3, 0.4) is 0 Å². The van der Waals surface area contributed by atoms with Crippen LogP contribution < -0.4 is 11.3 Å². The molecule has 4 nitrogen and oxygen atoms in total. The van der Waals surface area contributed by atoms with E-state index in [2.05, 4.69) is 20.8 Å². The first-order valence-electron chi connectivity index (χ1n) is 5.07. The smallest absolute Gasteiger partial charge is 0.0897 e. The first-order chi connectivity index (χ1) is 7.79. The van der Waals surface area contributed by atoms with Crippen LogP contribution in [-0.4, -0.2) is 9.97 Å². The van der Waals surface area contributed by atoms with Crippen molar-refractivity contribution in [1.29, 1.82) is 0 Å². The lowest BCUT2D eigenvalue weighted by molar-refractivity contribution is 0.533. The summed E-state index contributed by atoms with van der Waals surface area (Å²) in [5.74, 6) is 5.55. The molecule has 0 saturated carbocycles. The Morgan fingerprint density at radius 3 is 2.94 bits per heavy atom. The van der Waals surface area contributed by atoms with E-state index in [9.17, 15) is 0 Å². The molecule has 0 radical (unpaired) electrons. The molecule has 0 saturated heterocycles. The molecule has 0 amide bonds. The number of nitrogens with one attached hydrogen (secondary N) is 1. The van der Waals surface area contributed by atoms with Crippen molar-refractivity contribution in [3.8, 4) is 0 Å². The Morgan fingerprint density at radius 1 is 1.50 bits per heavy atom. The van der Waals surface area contributed by atoms with Crippen molar-refractivity contribution in [2.45, 2.75) is 19.4 Å². The zero-order chi connectivity index (χ0) is 11.4. The molecule has 1 unspecified atom stereocenters. The molecule has 0 bridgehead atoms. The SMILES string of the molecule is Cc1nc(CC(NN)c2ccccn2)cs1. The van der Waals surface area contributed by atoms with Gasteiger partial charge in [-0.1, -0.05) is 6.07 Å². The molecule has 84 valence electrons. The van der Waals surface area contributed by atoms with Gasteiger partial charge in [-0.2, -0.15) is 0 Å². The van der Waals surface area contributed by atoms with Crippen molar-refractivity contribution in [3.05, 3.63) is 46.2 Å². The number of nitrogens with zero attached hydrogens (tertiary/aromatic N) is 2. The lowest BCUT2D eigenvalue weighted by atomic mass is 10.1. The zero-order valence-corrected chi connectivity index (χ0v) is 9.87. The van der Waals surface area contributed by atoms with Crippen molar-refractivity contribution in [3.63, 3.8) is 0 Å². The molecule has 2 aromatic heterocycles. The van der Waals surface area contributed by atoms with Crippen LogP contribution in [0.15, 0.2) is 29.8 Å². The molecule has 0 fully saturated rings. The lowest BCUT2D eigenvalue weighted by Crippen LogP contribution is -2.30. The molecule has 5 heteroatoms. The number of aromatic nitrogens is 2. The minimum atomic E-state index is 0.0164. The molecule has 16 heavy (non-hydrogen) atoms. The molecule has 0 spiro atoms. The molecule has 1 atom stereocenters. The Kier molecular flexibility index (Phi) is 3.61. The van der Waals surface area contributed by atoms with Crippen molar-refractivity contribution < 1.29 is 0 Å². The molecular formula is C11H14N4S. The van der Waals surface area contributed by atoms with Gasteiger partial charge in [0.25, 0.3) is 0 Å². The van der Waals surface area contributed by atoms with E-state index in [-0.39, 0.29) is 6.04 Å². The summed E-state index contributed by atoms with van der Waals surface area (Å²) in [4.78, 5) is 8.71. The highest BCUT2D eigenvalue weighted by atomic mass is 32.1. The summed E-state index contributed by atoms with van der Waals surface area (Å²) in [5, 5.41) is 3.13. The van der Waals surface area contributed by atoms with Gasteiger partial charge in [-0.05, 0) is 19.1 Å². The van der Waals surface area contributed by atoms with Crippen molar-refractivity contribution >= 4 is 11.3 Å². The Balaban J connectivity index is 2.12. The third kappa shape index (κ3) is 2.63. The third-order valence-corrected chi connectivity index (χ3v) is 3.15. The minimum Gasteiger partial charge on any atom is -0.271 e. The van der Waals surface area contributed by atoms with Gasteiger partial charge in [0.2, 0.25) is 0 Å². The molecule has 3 N–H and O–H groups in total. The average molecular weight is 234 g/mol. The highest BCUT2D eigenvalue weighted by Gasteiger charge is 2.12. The van der Waals surface area contributed by atoms with Crippen LogP contribution in [0.5, 0.6) is 0 Å². The molecule has 2 heterocycles. The second kappa shape index (κ2) is 5.16. The van der Waals surface area contributed by atoms with Gasteiger partial charge in [0.15, 0.2) is 0 Å². The van der Waals surface area contributed by atoms with Gasteiger partial charge < -0.3 is 0 Å². The van der Waals surface area contributed by atoms with Gasteiger partial charge in [0.05, 0.1) is 22.4 Å². The lowest BCUT2D eigenvalue weighted by Gasteiger charge is -2.13. The number of nitrogens with two attached hydrogens (primary N) is 1. The Bertz CT molecular complexity index is 440. The van der Waals surface area contributed by atoms with Crippen molar-refractivity contribution in [2.24, 2.45) is 5.84 Å². The fraction of sp³-hybridized carbons (Fsp3) is 0.273. The number of hydrogen-bond acceptors (Lipinski definition) is 5. The first kappa shape index (κ1) is 11.2. The molecule has 0 aliphatic rings. The summed E-state index contributed by atoms with van der Waals surface area (Å²) in [7, 11) is 0. The Hall–Kier alpha value is -1.30. The summed E-state index contributed by atoms with van der Waals surface area (Å²) in [6.07, 6.45) is 2.53. The third-order valence-electron chi connectivity index (χ3n) is 2.33. The van der Waals surface area contributed by atoms with Gasteiger partial charge in [-0.15, -0.1) is 11.3 Å². The van der Waals surface area contributed by atoms with Gasteiger partial charge >= 0.3 is 0 Å². The summed E-state index contributed by atoms with van der Waals surface area (Å²) < 4.78 is 0. The second-order valence-corrected chi connectivity index (χ2v) is 4.60. The largest absolute Gasteiger partial charge is 0.271 e. The monoisotopic (exact) mass is 234 g/mol. The van der Waals surface area contributed by atoms with Gasteiger partial charge in [0, 0.05) is 18.0 Å². The van der Waals surface area contributed by atoms with E-state index >= 15 is 0 Å². The predicted molar refractivity (Wildman–Crippen MR) is 64.9 cm³/mol. The maximum atomic E-state index is 5.55. The van der Waals surface area contributed by atoms with Gasteiger partial charge in [-0.3, -0.25) is 16.3 Å². The van der Waals surface area contributed by atoms with E-state index in [0.717, 1.165) is 22.8 Å². The molecule has 0 aliphatic carbocycles. The molecule has 0 aromatic carbocycles. The van der Waals surface area contributed by atoms with Crippen LogP contribution >= 0.6 is 11.3 Å². The van der Waals surface area contributed by atoms with E-state index < -0.39 is 0 Å². The molecule has 2 aromatic rings. The number of rotatable bonds is 4. The van der Waals surface area contributed by atoms with E-state index in [1.807, 2.05) is 25.1 Å². The van der Waals surface area contributed by atoms with E-state index in [4.69, 9.17) is 5.84 Å². The number of hydrogen-bond donors (Lipinski definition) is 2. The average Bonchev–Trinajstić information content (AvgIpc) is 2.73. The topological polar surface area (TPSA) is 63.8 Å². The van der Waals surface area contributed by atoms with Crippen LogP contribution in [-0.2, 0) is 6.42 Å². The Morgan fingerprint density at radius 2 is 2.38 bits per heavy atom. The second-order valence-electron chi connectivity index (χ2n) is 3.54. The Labute approximate surface area is 98.5 Å². The number of pyridine rings is 1. The van der Waals surface area contributed by atoms with Crippen LogP contribution in [0, 0.1) is 6.92 Å². The predicted octanol–water partition coefficient (Wildman–Crippen LogP) is 1.59. The first-order valence-corrected chi connectivity index (χ1v) is 5.95. The van der Waals surface area contributed by atoms with E-state index in [1.165, 1.54) is 0 Å². The normalized spacial score (nSPS) is 12.6. The molecule has 0 aliphatic heterocycles. The van der Waals surface area contributed by atoms with Crippen LogP contribution in [0.2, 0.25) is 0 Å². The number of thiazole rings is 1. The standard InChI is InChI=1S/C11H14N4S/c1-8-14-9(7-16-8)6-11(15-12)10-4-2-3-5-13-10/h2-5,7,11,15H,6,12H2,1H3. The van der Waals surface area contributed by atoms with E-state index in [0.29, 0.717) is 0 Å². The zero-order valence-electron chi connectivity index (χ0n) is 9.05. The fourth-order valence-electron chi connectivity index (χ4n) is 1.54. The summed E-state index contributed by atoms with van der Waals surface area (Å²) in [6, 6.07) is 5.83. The van der Waals surface area contributed by atoms with E-state index in [1.54, 1.807) is 17.5 Å². The number of aryl methyl sites for hydroxylation is 1.